The van der Waals surface area contributed by atoms with E-state index in [4.69, 9.17) is 9.57 Å². The number of pyridine rings is 1. The maximum absolute atomic E-state index is 13.4. The lowest BCUT2D eigenvalue weighted by molar-refractivity contribution is -0.182. The first-order valence-electron chi connectivity index (χ1n) is 15.2. The van der Waals surface area contributed by atoms with Crippen molar-refractivity contribution >= 4 is 23.2 Å². The minimum Gasteiger partial charge on any atom is -0.451 e. The van der Waals surface area contributed by atoms with Crippen LogP contribution in [0.1, 0.15) is 77.2 Å². The number of anilines is 1. The second kappa shape index (κ2) is 10.8. The fourth-order valence-electron chi connectivity index (χ4n) is 8.61. The zero-order chi connectivity index (χ0) is 29.6. The Morgan fingerprint density at radius 2 is 1.74 bits per heavy atom. The lowest BCUT2D eigenvalue weighted by Gasteiger charge is -2.55. The first-order valence-corrected chi connectivity index (χ1v) is 15.2. The molecule has 6 rings (SSSR count). The van der Waals surface area contributed by atoms with Gasteiger partial charge in [-0.3, -0.25) is 14.6 Å². The number of Topliss-reactive ketones (excluding diaryl/α,β-unsaturated/α-hetero) is 1. The molecule has 0 amide bonds. The van der Waals surface area contributed by atoms with Gasteiger partial charge >= 0.3 is 5.97 Å². The summed E-state index contributed by atoms with van der Waals surface area (Å²) < 4.78 is 6.08. The van der Waals surface area contributed by atoms with Crippen molar-refractivity contribution in [3.8, 4) is 5.75 Å². The number of carbonyl (C=O) groups is 2. The molecule has 2 fully saturated rings. The van der Waals surface area contributed by atoms with Crippen molar-refractivity contribution in [3.05, 3.63) is 77.2 Å². The van der Waals surface area contributed by atoms with Gasteiger partial charge in [-0.2, -0.15) is 0 Å². The third kappa shape index (κ3) is 4.67. The van der Waals surface area contributed by atoms with Crippen molar-refractivity contribution in [2.24, 2.45) is 22.4 Å². The molecule has 2 saturated carbocycles. The number of allylic oxidation sites excluding steroid dienone is 4. The number of fused-ring (bicyclic) bond motifs is 4. The fourth-order valence-corrected chi connectivity index (χ4v) is 8.61. The van der Waals surface area contributed by atoms with Gasteiger partial charge in [-0.1, -0.05) is 29.8 Å². The summed E-state index contributed by atoms with van der Waals surface area (Å²) in [5.74, 6) is 1.06. The van der Waals surface area contributed by atoms with Crippen LogP contribution < -0.4 is 9.74 Å². The van der Waals surface area contributed by atoms with Crippen LogP contribution in [0.2, 0.25) is 0 Å². The van der Waals surface area contributed by atoms with Crippen LogP contribution in [0.3, 0.4) is 0 Å². The Balaban J connectivity index is 1.44. The Labute approximate surface area is 248 Å². The van der Waals surface area contributed by atoms with Gasteiger partial charge < -0.3 is 14.5 Å². The quantitative estimate of drug-likeness (QED) is 0.282. The molecule has 0 radical (unpaired) electrons. The van der Waals surface area contributed by atoms with Gasteiger partial charge in [-0.25, -0.2) is 0 Å². The van der Waals surface area contributed by atoms with E-state index < -0.39 is 11.0 Å². The van der Waals surface area contributed by atoms with Crippen LogP contribution in [0.15, 0.2) is 76.7 Å². The highest BCUT2D eigenvalue weighted by Crippen LogP contribution is 2.67. The summed E-state index contributed by atoms with van der Waals surface area (Å²) in [4.78, 5) is 37.7. The molecular weight excluding hydrogens is 526 g/mol. The van der Waals surface area contributed by atoms with Gasteiger partial charge in [-0.15, -0.1) is 0 Å². The van der Waals surface area contributed by atoms with Gasteiger partial charge in [0.2, 0.25) is 0 Å². The Kier molecular flexibility index (Phi) is 7.32. The number of hydrogen-bond donors (Lipinski definition) is 0. The number of benzene rings is 1. The molecule has 0 saturated heterocycles. The number of ether oxygens (including phenoxy) is 1. The lowest BCUT2D eigenvalue weighted by atomic mass is 9.50. The Bertz CT molecular complexity index is 1480. The molecule has 5 unspecified atom stereocenters. The molecule has 0 bridgehead atoms. The van der Waals surface area contributed by atoms with E-state index in [9.17, 15) is 9.59 Å². The average molecular weight is 568 g/mol. The van der Waals surface area contributed by atoms with Crippen molar-refractivity contribution in [3.63, 3.8) is 0 Å². The Hall–Kier alpha value is -3.74. The summed E-state index contributed by atoms with van der Waals surface area (Å²) in [7, 11) is 4.11. The third-order valence-electron chi connectivity index (χ3n) is 10.5. The van der Waals surface area contributed by atoms with Gasteiger partial charge in [0.15, 0.2) is 17.1 Å². The maximum Gasteiger partial charge on any atom is 0.303 e. The van der Waals surface area contributed by atoms with Gasteiger partial charge in [-0.05, 0) is 98.6 Å². The summed E-state index contributed by atoms with van der Waals surface area (Å²) in [5, 5.41) is 4.48. The minimum absolute atomic E-state index is 0.0235. The molecule has 5 atom stereocenters. The smallest absolute Gasteiger partial charge is 0.303 e. The highest BCUT2D eigenvalue weighted by atomic mass is 16.6. The molecule has 4 aliphatic carbocycles. The number of aromatic nitrogens is 1. The zero-order valence-electron chi connectivity index (χ0n) is 25.4. The van der Waals surface area contributed by atoms with Crippen molar-refractivity contribution in [1.82, 2.24) is 4.98 Å². The molecule has 0 spiro atoms. The molecule has 1 heterocycles. The molecule has 0 N–H and O–H groups in total. The first kappa shape index (κ1) is 28.4. The topological polar surface area (TPSA) is 81.1 Å². The summed E-state index contributed by atoms with van der Waals surface area (Å²) >= 11 is 0. The summed E-state index contributed by atoms with van der Waals surface area (Å²) in [6.45, 7) is 5.28. The van der Waals surface area contributed by atoms with Crippen LogP contribution in [0, 0.1) is 17.3 Å². The van der Waals surface area contributed by atoms with Gasteiger partial charge in [0.25, 0.3) is 0 Å². The molecule has 4 aliphatic rings. The number of rotatable bonds is 6. The summed E-state index contributed by atoms with van der Waals surface area (Å²) in [6, 6.07) is 12.5. The molecule has 1 aromatic carbocycles. The molecular formula is C35H41N3O4. The Morgan fingerprint density at radius 3 is 2.40 bits per heavy atom. The molecule has 2 aromatic rings. The number of carbonyl (C=O) groups excluding carboxylic acids is 2. The molecule has 0 aliphatic heterocycles. The second-order valence-electron chi connectivity index (χ2n) is 12.9. The van der Waals surface area contributed by atoms with E-state index >= 15 is 0 Å². The molecule has 42 heavy (non-hydrogen) atoms. The summed E-state index contributed by atoms with van der Waals surface area (Å²) in [5.41, 5.74) is 6.22. The van der Waals surface area contributed by atoms with Gasteiger partial charge in [0.05, 0.1) is 5.71 Å². The minimum atomic E-state index is -1.08. The zero-order valence-corrected chi connectivity index (χ0v) is 25.4. The predicted molar refractivity (Wildman–Crippen MR) is 164 cm³/mol. The van der Waals surface area contributed by atoms with Crippen molar-refractivity contribution < 1.29 is 19.2 Å². The second-order valence-corrected chi connectivity index (χ2v) is 12.9. The first-order chi connectivity index (χ1) is 20.1. The van der Waals surface area contributed by atoms with E-state index in [2.05, 4.69) is 66.4 Å². The largest absolute Gasteiger partial charge is 0.451 e. The van der Waals surface area contributed by atoms with Gasteiger partial charge in [0, 0.05) is 62.6 Å². The van der Waals surface area contributed by atoms with E-state index in [1.54, 1.807) is 19.3 Å². The van der Waals surface area contributed by atoms with Crippen LogP contribution in [0.25, 0.3) is 0 Å². The number of esters is 1. The van der Waals surface area contributed by atoms with Crippen LogP contribution in [0.4, 0.5) is 5.69 Å². The fraction of sp³-hybridized carbons (Fsp3) is 0.486. The highest BCUT2D eigenvalue weighted by Gasteiger charge is 2.67. The molecule has 7 nitrogen and oxygen atoms in total. The average Bonchev–Trinajstić information content (AvgIpc) is 3.28. The number of hydrogen-bond acceptors (Lipinski definition) is 7. The molecule has 1 aromatic heterocycles. The van der Waals surface area contributed by atoms with Crippen LogP contribution in [-0.4, -0.2) is 42.1 Å². The third-order valence-corrected chi connectivity index (χ3v) is 10.5. The normalized spacial score (nSPS) is 31.0. The van der Waals surface area contributed by atoms with Crippen molar-refractivity contribution in [2.45, 2.75) is 77.2 Å². The van der Waals surface area contributed by atoms with E-state index in [1.165, 1.54) is 29.2 Å². The van der Waals surface area contributed by atoms with Gasteiger partial charge in [0.1, 0.15) is 0 Å². The lowest BCUT2D eigenvalue weighted by Crippen LogP contribution is -2.57. The maximum atomic E-state index is 13.4. The predicted octanol–water partition coefficient (Wildman–Crippen LogP) is 6.80. The number of ketones is 1. The van der Waals surface area contributed by atoms with E-state index in [1.807, 2.05) is 12.1 Å². The van der Waals surface area contributed by atoms with Crippen molar-refractivity contribution in [1.29, 1.82) is 0 Å². The number of oxime groups is 1. The number of nitrogens with zero attached hydrogens (tertiary/aromatic N) is 3. The Morgan fingerprint density at radius 1 is 1.00 bits per heavy atom. The SMILES string of the molecule is CC(=O)OC1(C(C)=O)CCC2C3CCC4=C/C(=N\Oc5ccncc5)CCC4=C3C(c3ccc(N(C)C)cc3)CC21C. The van der Waals surface area contributed by atoms with Crippen molar-refractivity contribution in [2.75, 3.05) is 19.0 Å². The molecule has 220 valence electrons. The van der Waals surface area contributed by atoms with Crippen LogP contribution in [0.5, 0.6) is 5.75 Å². The molecule has 7 heteroatoms. The van der Waals surface area contributed by atoms with Crippen LogP contribution in [-0.2, 0) is 14.3 Å². The van der Waals surface area contributed by atoms with E-state index in [0.29, 0.717) is 18.1 Å². The van der Waals surface area contributed by atoms with Crippen LogP contribution >= 0.6 is 0 Å². The summed E-state index contributed by atoms with van der Waals surface area (Å²) in [6.07, 6.45) is 11.6. The monoisotopic (exact) mass is 567 g/mol. The highest BCUT2D eigenvalue weighted by molar-refractivity contribution is 5.97. The standard InChI is InChI=1S/C35H41N3O4/c1-22(39)35(41-23(2)40)17-14-32-30-12-8-25-20-26(37-42-28-15-18-36-19-16-28)9-13-29(25)33(30)31(21-34(32,35)3)24-6-10-27(11-7-24)38(4)5/h6-7,10-11,15-16,18-20,30-32H,8-9,12-14,17,21H2,1-5H3/b37-26-. The van der Waals surface area contributed by atoms with E-state index in [0.717, 1.165) is 49.9 Å². The van der Waals surface area contributed by atoms with E-state index in [-0.39, 0.29) is 23.6 Å².